The quantitative estimate of drug-likeness (QED) is 0.432. The number of carbonyl (C=O) groups excluding carboxylic acids is 1. The van der Waals surface area contributed by atoms with Crippen LogP contribution in [-0.4, -0.2) is 49.7 Å². The summed E-state index contributed by atoms with van der Waals surface area (Å²) in [5.74, 6) is 1.12. The van der Waals surface area contributed by atoms with Crippen molar-refractivity contribution in [2.75, 3.05) is 28.7 Å². The molecule has 0 aliphatic heterocycles. The van der Waals surface area contributed by atoms with Crippen molar-refractivity contribution in [1.82, 2.24) is 10.2 Å². The summed E-state index contributed by atoms with van der Waals surface area (Å²) < 4.78 is 31.9. The minimum Gasteiger partial charge on any atom is -0.495 e. The second-order valence-corrected chi connectivity index (χ2v) is 11.2. The monoisotopic (exact) mass is 478 g/mol. The molecule has 29 heavy (non-hydrogen) atoms. The van der Waals surface area contributed by atoms with Crippen molar-refractivity contribution >= 4 is 61.4 Å². The van der Waals surface area contributed by atoms with E-state index in [1.807, 2.05) is 0 Å². The number of aromatic nitrogens is 2. The van der Waals surface area contributed by atoms with E-state index in [1.165, 1.54) is 31.4 Å². The van der Waals surface area contributed by atoms with E-state index in [0.717, 1.165) is 20.7 Å². The van der Waals surface area contributed by atoms with Crippen LogP contribution in [-0.2, 0) is 14.8 Å². The highest BCUT2D eigenvalue weighted by Crippen LogP contribution is 2.34. The zero-order valence-corrected chi connectivity index (χ0v) is 19.9. The highest BCUT2D eigenvalue weighted by atomic mass is 35.5. The van der Waals surface area contributed by atoms with Crippen molar-refractivity contribution in [3.63, 3.8) is 0 Å². The predicted octanol–water partition coefficient (Wildman–Crippen LogP) is 3.74. The molecule has 1 aromatic heterocycles. The first-order valence-corrected chi connectivity index (χ1v) is 12.7. The molecular weight excluding hydrogens is 456 g/mol. The smallest absolute Gasteiger partial charge is 0.249 e. The zero-order valence-electron chi connectivity index (χ0n) is 16.7. The topological polar surface area (TPSA) is 101 Å². The molecule has 0 saturated carbocycles. The van der Waals surface area contributed by atoms with Crippen LogP contribution in [0.1, 0.15) is 20.8 Å². The molecule has 1 heterocycles. The van der Waals surface area contributed by atoms with E-state index in [9.17, 15) is 13.2 Å². The number of carbonyl (C=O) groups is 1. The molecule has 0 aliphatic carbocycles. The van der Waals surface area contributed by atoms with E-state index in [2.05, 4.69) is 29.4 Å². The Kier molecular flexibility index (Phi) is 8.15. The molecule has 12 heteroatoms. The van der Waals surface area contributed by atoms with Crippen LogP contribution in [0, 0.1) is 5.92 Å². The maximum Gasteiger partial charge on any atom is 0.249 e. The van der Waals surface area contributed by atoms with Crippen LogP contribution < -0.4 is 14.4 Å². The molecule has 1 amide bonds. The lowest BCUT2D eigenvalue weighted by atomic mass is 10.2. The molecule has 1 unspecified atom stereocenters. The summed E-state index contributed by atoms with van der Waals surface area (Å²) in [6, 6.07) is 3.49. The second kappa shape index (κ2) is 9.96. The van der Waals surface area contributed by atoms with Gasteiger partial charge >= 0.3 is 0 Å². The van der Waals surface area contributed by atoms with Gasteiger partial charge in [-0.05, 0) is 31.0 Å². The van der Waals surface area contributed by atoms with Gasteiger partial charge in [0.25, 0.3) is 0 Å². The fraction of sp³-hybridized carbons (Fsp3) is 0.471. The Morgan fingerprint density at radius 1 is 1.34 bits per heavy atom. The van der Waals surface area contributed by atoms with E-state index < -0.39 is 22.0 Å². The van der Waals surface area contributed by atoms with E-state index in [-0.39, 0.29) is 11.4 Å². The van der Waals surface area contributed by atoms with Crippen molar-refractivity contribution in [3.05, 3.63) is 23.2 Å². The summed E-state index contributed by atoms with van der Waals surface area (Å²) in [6.07, 6.45) is 1.02. The molecule has 8 nitrogen and oxygen atoms in total. The Balaban J connectivity index is 2.25. The van der Waals surface area contributed by atoms with Gasteiger partial charge in [0.1, 0.15) is 11.8 Å². The van der Waals surface area contributed by atoms with Gasteiger partial charge in [0.15, 0.2) is 4.34 Å². The van der Waals surface area contributed by atoms with Gasteiger partial charge < -0.3 is 4.74 Å². The summed E-state index contributed by atoms with van der Waals surface area (Å²) >= 11 is 8.84. The van der Waals surface area contributed by atoms with E-state index in [1.54, 1.807) is 23.9 Å². The molecule has 0 aliphatic rings. The first kappa shape index (κ1) is 23.7. The lowest BCUT2D eigenvalue weighted by molar-refractivity contribution is -0.116. The average molecular weight is 479 g/mol. The van der Waals surface area contributed by atoms with Crippen LogP contribution in [0.4, 0.5) is 10.8 Å². The minimum atomic E-state index is -3.82. The number of hydrogen-bond acceptors (Lipinski definition) is 8. The Hall–Kier alpha value is -1.56. The SMILES string of the molecule is COc1ccc(Cl)cc1N(C(C)C(=O)Nc1nnc(SCC(C)C)s1)S(C)(=O)=O. The number of nitrogens with zero attached hydrogens (tertiary/aromatic N) is 3. The number of thioether (sulfide) groups is 1. The lowest BCUT2D eigenvalue weighted by Crippen LogP contribution is -2.45. The highest BCUT2D eigenvalue weighted by Gasteiger charge is 2.32. The number of nitrogens with one attached hydrogen (secondary N) is 1. The summed E-state index contributed by atoms with van der Waals surface area (Å²) in [5, 5.41) is 11.3. The third-order valence-corrected chi connectivity index (χ3v) is 7.51. The maximum absolute atomic E-state index is 12.8. The Morgan fingerprint density at radius 3 is 2.62 bits per heavy atom. The van der Waals surface area contributed by atoms with Crippen LogP contribution in [0.15, 0.2) is 22.5 Å². The molecule has 0 spiro atoms. The van der Waals surface area contributed by atoms with Gasteiger partial charge in [-0.25, -0.2) is 8.42 Å². The van der Waals surface area contributed by atoms with Gasteiger partial charge in [0, 0.05) is 10.8 Å². The molecule has 0 saturated heterocycles. The predicted molar refractivity (Wildman–Crippen MR) is 119 cm³/mol. The maximum atomic E-state index is 12.8. The van der Waals surface area contributed by atoms with Crippen molar-refractivity contribution < 1.29 is 17.9 Å². The number of hydrogen-bond donors (Lipinski definition) is 1. The number of methoxy groups -OCH3 is 1. The molecule has 0 bridgehead atoms. The first-order chi connectivity index (χ1) is 13.5. The second-order valence-electron chi connectivity index (χ2n) is 6.62. The summed E-state index contributed by atoms with van der Waals surface area (Å²) in [4.78, 5) is 12.8. The summed E-state index contributed by atoms with van der Waals surface area (Å²) in [7, 11) is -2.41. The first-order valence-electron chi connectivity index (χ1n) is 8.63. The van der Waals surface area contributed by atoms with Crippen LogP contribution in [0.5, 0.6) is 5.75 Å². The Labute approximate surface area is 184 Å². The standard InChI is InChI=1S/C17H23ClN4O4S3/c1-10(2)9-27-17-21-20-16(28-17)19-15(23)11(3)22(29(5,24)25)13-8-12(18)6-7-14(13)26-4/h6-8,10-11H,9H2,1-5H3,(H,19,20,23). The van der Waals surface area contributed by atoms with E-state index in [0.29, 0.717) is 16.1 Å². The van der Waals surface area contributed by atoms with Gasteiger partial charge in [-0.15, -0.1) is 10.2 Å². The zero-order chi connectivity index (χ0) is 21.8. The lowest BCUT2D eigenvalue weighted by Gasteiger charge is -2.29. The van der Waals surface area contributed by atoms with Gasteiger partial charge in [0.05, 0.1) is 19.1 Å². The molecule has 1 atom stereocenters. The van der Waals surface area contributed by atoms with Crippen LogP contribution in [0.3, 0.4) is 0 Å². The van der Waals surface area contributed by atoms with Crippen LogP contribution in [0.2, 0.25) is 5.02 Å². The van der Waals surface area contributed by atoms with Gasteiger partial charge in [-0.3, -0.25) is 14.4 Å². The van der Waals surface area contributed by atoms with E-state index >= 15 is 0 Å². The fourth-order valence-corrected chi connectivity index (χ4v) is 5.45. The average Bonchev–Trinajstić information content (AvgIpc) is 3.06. The molecule has 2 rings (SSSR count). The van der Waals surface area contributed by atoms with Gasteiger partial charge in [0.2, 0.25) is 21.1 Å². The third-order valence-electron chi connectivity index (χ3n) is 3.64. The number of rotatable bonds is 9. The van der Waals surface area contributed by atoms with Gasteiger partial charge in [-0.1, -0.05) is 48.5 Å². The molecule has 1 N–H and O–H groups in total. The fourth-order valence-electron chi connectivity index (χ4n) is 2.38. The summed E-state index contributed by atoms with van der Waals surface area (Å²) in [5.41, 5.74) is 0.176. The van der Waals surface area contributed by atoms with Crippen LogP contribution in [0.25, 0.3) is 0 Å². The number of sulfonamides is 1. The normalized spacial score (nSPS) is 12.7. The van der Waals surface area contributed by atoms with Crippen molar-refractivity contribution in [2.24, 2.45) is 5.92 Å². The molecule has 160 valence electrons. The molecule has 0 radical (unpaired) electrons. The van der Waals surface area contributed by atoms with Crippen molar-refractivity contribution in [3.8, 4) is 5.75 Å². The number of anilines is 2. The summed E-state index contributed by atoms with van der Waals surface area (Å²) in [6.45, 7) is 5.68. The number of halogens is 1. The number of ether oxygens (including phenoxy) is 1. The minimum absolute atomic E-state index is 0.176. The van der Waals surface area contributed by atoms with Crippen molar-refractivity contribution in [2.45, 2.75) is 31.2 Å². The number of amides is 1. The molecule has 0 fully saturated rings. The van der Waals surface area contributed by atoms with Crippen molar-refractivity contribution in [1.29, 1.82) is 0 Å². The molecular formula is C17H23ClN4O4S3. The third kappa shape index (κ3) is 6.46. The van der Waals surface area contributed by atoms with Crippen LogP contribution >= 0.6 is 34.7 Å². The number of benzene rings is 1. The Morgan fingerprint density at radius 2 is 2.03 bits per heavy atom. The highest BCUT2D eigenvalue weighted by molar-refractivity contribution is 8.01. The largest absolute Gasteiger partial charge is 0.495 e. The van der Waals surface area contributed by atoms with E-state index in [4.69, 9.17) is 16.3 Å². The Bertz CT molecular complexity index is 965. The molecule has 2 aromatic rings. The molecule has 1 aromatic carbocycles. The van der Waals surface area contributed by atoms with Gasteiger partial charge in [-0.2, -0.15) is 0 Å².